The van der Waals surface area contributed by atoms with Gasteiger partial charge in [0.05, 0.1) is 26.5 Å². The van der Waals surface area contributed by atoms with Crippen LogP contribution in [0.3, 0.4) is 0 Å². The number of hydrogen-bond donors (Lipinski definition) is 2. The second kappa shape index (κ2) is 10.6. The molecule has 0 saturated carbocycles. The number of aryl methyl sites for hydroxylation is 2. The van der Waals surface area contributed by atoms with Crippen LogP contribution < -0.4 is 20.1 Å². The average molecular weight is 388 g/mol. The SMILES string of the molecule is CCNC(=NCc1ccc(OC)c(OC)c1)NCC(C)Cn1nc(C)cc1C. The first-order valence-corrected chi connectivity index (χ1v) is 9.71. The molecular weight excluding hydrogens is 354 g/mol. The lowest BCUT2D eigenvalue weighted by Gasteiger charge is -2.17. The fourth-order valence-corrected chi connectivity index (χ4v) is 2.98. The topological polar surface area (TPSA) is 72.7 Å². The molecule has 2 aromatic rings. The zero-order valence-corrected chi connectivity index (χ0v) is 17.9. The van der Waals surface area contributed by atoms with Crippen molar-refractivity contribution in [2.45, 2.75) is 40.8 Å². The van der Waals surface area contributed by atoms with Gasteiger partial charge in [-0.15, -0.1) is 0 Å². The maximum absolute atomic E-state index is 5.37. The van der Waals surface area contributed by atoms with E-state index in [0.29, 0.717) is 18.2 Å². The highest BCUT2D eigenvalue weighted by molar-refractivity contribution is 5.79. The van der Waals surface area contributed by atoms with Crippen molar-refractivity contribution in [3.8, 4) is 11.5 Å². The summed E-state index contributed by atoms with van der Waals surface area (Å²) in [5, 5.41) is 11.3. The van der Waals surface area contributed by atoms with Crippen LogP contribution in [0.15, 0.2) is 29.3 Å². The first-order chi connectivity index (χ1) is 13.5. The zero-order valence-electron chi connectivity index (χ0n) is 17.9. The minimum Gasteiger partial charge on any atom is -0.493 e. The quantitative estimate of drug-likeness (QED) is 0.511. The van der Waals surface area contributed by atoms with Crippen molar-refractivity contribution in [1.82, 2.24) is 20.4 Å². The Morgan fingerprint density at radius 2 is 1.89 bits per heavy atom. The lowest BCUT2D eigenvalue weighted by atomic mass is 10.2. The summed E-state index contributed by atoms with van der Waals surface area (Å²) in [4.78, 5) is 4.69. The summed E-state index contributed by atoms with van der Waals surface area (Å²) in [5.74, 6) is 2.66. The Kier molecular flexibility index (Phi) is 8.17. The lowest BCUT2D eigenvalue weighted by molar-refractivity contribution is 0.354. The average Bonchev–Trinajstić information content (AvgIpc) is 3.00. The van der Waals surface area contributed by atoms with Crippen LogP contribution in [-0.4, -0.2) is 43.0 Å². The van der Waals surface area contributed by atoms with Gasteiger partial charge in [0.25, 0.3) is 0 Å². The Bertz CT molecular complexity index is 785. The highest BCUT2D eigenvalue weighted by atomic mass is 16.5. The third-order valence-electron chi connectivity index (χ3n) is 4.42. The van der Waals surface area contributed by atoms with Crippen molar-refractivity contribution in [2.75, 3.05) is 27.3 Å². The number of methoxy groups -OCH3 is 2. The molecule has 0 aliphatic rings. The molecule has 0 bridgehead atoms. The summed E-state index contributed by atoms with van der Waals surface area (Å²) < 4.78 is 12.7. The normalized spacial score (nSPS) is 12.6. The van der Waals surface area contributed by atoms with E-state index in [0.717, 1.165) is 42.6 Å². The summed E-state index contributed by atoms with van der Waals surface area (Å²) in [7, 11) is 3.27. The van der Waals surface area contributed by atoms with E-state index >= 15 is 0 Å². The minimum atomic E-state index is 0.419. The van der Waals surface area contributed by atoms with Gasteiger partial charge in [-0.1, -0.05) is 13.0 Å². The molecule has 0 aliphatic carbocycles. The Balaban J connectivity index is 1.95. The van der Waals surface area contributed by atoms with Crippen molar-refractivity contribution in [3.05, 3.63) is 41.2 Å². The summed E-state index contributed by atoms with van der Waals surface area (Å²) in [6, 6.07) is 7.96. The van der Waals surface area contributed by atoms with E-state index in [4.69, 9.17) is 14.5 Å². The predicted molar refractivity (Wildman–Crippen MR) is 113 cm³/mol. The number of rotatable bonds is 9. The maximum atomic E-state index is 5.37. The van der Waals surface area contributed by atoms with E-state index in [9.17, 15) is 0 Å². The van der Waals surface area contributed by atoms with Crippen molar-refractivity contribution in [2.24, 2.45) is 10.9 Å². The Morgan fingerprint density at radius 3 is 2.50 bits per heavy atom. The van der Waals surface area contributed by atoms with Gasteiger partial charge in [0, 0.05) is 25.3 Å². The second-order valence-electron chi connectivity index (χ2n) is 6.98. The lowest BCUT2D eigenvalue weighted by Crippen LogP contribution is -2.40. The number of ether oxygens (including phenoxy) is 2. The van der Waals surface area contributed by atoms with Gasteiger partial charge in [-0.05, 0) is 50.5 Å². The zero-order chi connectivity index (χ0) is 20.5. The van der Waals surface area contributed by atoms with Gasteiger partial charge in [-0.25, -0.2) is 4.99 Å². The van der Waals surface area contributed by atoms with E-state index in [1.807, 2.05) is 25.1 Å². The number of nitrogens with one attached hydrogen (secondary N) is 2. The molecule has 0 amide bonds. The van der Waals surface area contributed by atoms with Gasteiger partial charge in [0.15, 0.2) is 17.5 Å². The fourth-order valence-electron chi connectivity index (χ4n) is 2.98. The number of benzene rings is 1. The largest absolute Gasteiger partial charge is 0.493 e. The van der Waals surface area contributed by atoms with Gasteiger partial charge in [-0.2, -0.15) is 5.10 Å². The van der Waals surface area contributed by atoms with Gasteiger partial charge in [0.1, 0.15) is 0 Å². The molecule has 1 unspecified atom stereocenters. The fraction of sp³-hybridized carbons (Fsp3) is 0.524. The molecule has 154 valence electrons. The van der Waals surface area contributed by atoms with E-state index in [-0.39, 0.29) is 0 Å². The molecule has 28 heavy (non-hydrogen) atoms. The van der Waals surface area contributed by atoms with Gasteiger partial charge >= 0.3 is 0 Å². The molecule has 7 nitrogen and oxygen atoms in total. The predicted octanol–water partition coefficient (Wildman–Crippen LogP) is 2.91. The molecule has 0 aliphatic heterocycles. The number of hydrogen-bond acceptors (Lipinski definition) is 4. The smallest absolute Gasteiger partial charge is 0.191 e. The first kappa shape index (κ1) is 21.6. The third-order valence-corrected chi connectivity index (χ3v) is 4.42. The molecule has 0 spiro atoms. The Hall–Kier alpha value is -2.70. The molecule has 1 heterocycles. The number of aromatic nitrogens is 2. The molecular formula is C21H33N5O2. The van der Waals surface area contributed by atoms with Gasteiger partial charge in [0.2, 0.25) is 0 Å². The van der Waals surface area contributed by atoms with E-state index in [1.54, 1.807) is 14.2 Å². The van der Waals surface area contributed by atoms with E-state index in [1.165, 1.54) is 5.69 Å². The Morgan fingerprint density at radius 1 is 1.14 bits per heavy atom. The van der Waals surface area contributed by atoms with Crippen LogP contribution in [0, 0.1) is 19.8 Å². The molecule has 0 saturated heterocycles. The first-order valence-electron chi connectivity index (χ1n) is 9.71. The van der Waals surface area contributed by atoms with Gasteiger partial charge < -0.3 is 20.1 Å². The van der Waals surface area contributed by atoms with Crippen molar-refractivity contribution in [3.63, 3.8) is 0 Å². The van der Waals surface area contributed by atoms with Crippen molar-refractivity contribution >= 4 is 5.96 Å². The molecule has 1 aromatic carbocycles. The molecule has 7 heteroatoms. The van der Waals surface area contributed by atoms with Crippen LogP contribution in [-0.2, 0) is 13.1 Å². The molecule has 1 aromatic heterocycles. The monoisotopic (exact) mass is 387 g/mol. The number of guanidine groups is 1. The third kappa shape index (κ3) is 6.18. The van der Waals surface area contributed by atoms with Crippen LogP contribution in [0.1, 0.15) is 30.8 Å². The summed E-state index contributed by atoms with van der Waals surface area (Å²) in [6.45, 7) is 11.4. The summed E-state index contributed by atoms with van der Waals surface area (Å²) in [5.41, 5.74) is 3.31. The van der Waals surface area contributed by atoms with Crippen LogP contribution in [0.4, 0.5) is 0 Å². The number of nitrogens with zero attached hydrogens (tertiary/aromatic N) is 3. The maximum Gasteiger partial charge on any atom is 0.191 e. The highest BCUT2D eigenvalue weighted by Crippen LogP contribution is 2.27. The molecule has 1 atom stereocenters. The standard InChI is InChI=1S/C21H33N5O2/c1-7-22-21(23-12-15(2)14-26-17(4)10-16(3)25-26)24-13-18-8-9-19(27-5)20(11-18)28-6/h8-11,15H,7,12-14H2,1-6H3,(H2,22,23,24). The van der Waals surface area contributed by atoms with Crippen LogP contribution in [0.25, 0.3) is 0 Å². The highest BCUT2D eigenvalue weighted by Gasteiger charge is 2.09. The van der Waals surface area contributed by atoms with E-state index < -0.39 is 0 Å². The molecule has 2 rings (SSSR count). The summed E-state index contributed by atoms with van der Waals surface area (Å²) in [6.07, 6.45) is 0. The molecule has 0 fully saturated rings. The van der Waals surface area contributed by atoms with Crippen LogP contribution in [0.2, 0.25) is 0 Å². The Labute approximate surface area is 168 Å². The second-order valence-corrected chi connectivity index (χ2v) is 6.98. The summed E-state index contributed by atoms with van der Waals surface area (Å²) >= 11 is 0. The van der Waals surface area contributed by atoms with Gasteiger partial charge in [-0.3, -0.25) is 4.68 Å². The molecule has 0 radical (unpaired) electrons. The van der Waals surface area contributed by atoms with Crippen LogP contribution >= 0.6 is 0 Å². The van der Waals surface area contributed by atoms with Crippen LogP contribution in [0.5, 0.6) is 11.5 Å². The van der Waals surface area contributed by atoms with E-state index in [2.05, 4.69) is 47.3 Å². The minimum absolute atomic E-state index is 0.419. The van der Waals surface area contributed by atoms with Crippen molar-refractivity contribution < 1.29 is 9.47 Å². The number of aliphatic imine (C=N–C) groups is 1. The van der Waals surface area contributed by atoms with Crippen molar-refractivity contribution in [1.29, 1.82) is 0 Å². The molecule has 2 N–H and O–H groups in total.